The van der Waals surface area contributed by atoms with Gasteiger partial charge in [0, 0.05) is 29.6 Å². The van der Waals surface area contributed by atoms with Crippen LogP contribution in [0.15, 0.2) is 58.8 Å². The second kappa shape index (κ2) is 8.36. The van der Waals surface area contributed by atoms with Crippen molar-refractivity contribution in [1.29, 1.82) is 5.26 Å². The van der Waals surface area contributed by atoms with Crippen molar-refractivity contribution in [3.8, 4) is 17.3 Å². The Bertz CT molecular complexity index is 1200. The van der Waals surface area contributed by atoms with Crippen LogP contribution >= 0.6 is 11.3 Å². The van der Waals surface area contributed by atoms with E-state index in [4.69, 9.17) is 5.26 Å². The Labute approximate surface area is 178 Å². The third kappa shape index (κ3) is 4.11. The molecule has 1 aromatic heterocycles. The first-order valence-electron chi connectivity index (χ1n) is 9.35. The third-order valence-corrected chi connectivity index (χ3v) is 7.52. The van der Waals surface area contributed by atoms with E-state index in [1.807, 2.05) is 5.38 Å². The summed E-state index contributed by atoms with van der Waals surface area (Å²) in [6, 6.07) is 15.0. The fraction of sp³-hybridized carbons (Fsp3) is 0.190. The molecule has 0 radical (unpaired) electrons. The molecule has 152 valence electrons. The van der Waals surface area contributed by atoms with Gasteiger partial charge in [-0.15, -0.1) is 11.3 Å². The van der Waals surface area contributed by atoms with Crippen LogP contribution in [0.2, 0.25) is 0 Å². The van der Waals surface area contributed by atoms with E-state index in [9.17, 15) is 13.2 Å². The van der Waals surface area contributed by atoms with Crippen LogP contribution in [0, 0.1) is 11.3 Å². The number of nitrogens with one attached hydrogen (secondary N) is 1. The summed E-state index contributed by atoms with van der Waals surface area (Å²) in [5.41, 5.74) is 2.47. The fourth-order valence-corrected chi connectivity index (χ4v) is 5.44. The van der Waals surface area contributed by atoms with Crippen LogP contribution in [0.25, 0.3) is 11.3 Å². The highest BCUT2D eigenvalue weighted by Crippen LogP contribution is 2.26. The molecule has 0 bridgehead atoms. The van der Waals surface area contributed by atoms with Gasteiger partial charge >= 0.3 is 0 Å². The van der Waals surface area contributed by atoms with E-state index < -0.39 is 10.0 Å². The number of benzene rings is 2. The first kappa shape index (κ1) is 20.2. The Morgan fingerprint density at radius 1 is 1.07 bits per heavy atom. The fourth-order valence-electron chi connectivity index (χ4n) is 3.20. The summed E-state index contributed by atoms with van der Waals surface area (Å²) in [6.07, 6.45) is 1.75. The summed E-state index contributed by atoms with van der Waals surface area (Å²) < 4.78 is 26.6. The van der Waals surface area contributed by atoms with Crippen molar-refractivity contribution in [3.63, 3.8) is 0 Å². The maximum atomic E-state index is 12.6. The van der Waals surface area contributed by atoms with Gasteiger partial charge < -0.3 is 0 Å². The Hall–Kier alpha value is -3.06. The highest BCUT2D eigenvalue weighted by atomic mass is 32.2. The van der Waals surface area contributed by atoms with Crippen molar-refractivity contribution in [2.45, 2.75) is 17.7 Å². The molecule has 1 saturated heterocycles. The molecule has 0 saturated carbocycles. The standard InChI is InChI=1S/C21H18N4O3S2/c22-13-15-3-5-16(6-4-15)19-14-29-21(23-19)24-20(26)17-7-9-18(10-8-17)30(27,28)25-11-1-2-12-25/h3-10,14H,1-2,11-12H2,(H,23,24,26). The third-order valence-electron chi connectivity index (χ3n) is 4.85. The normalized spacial score (nSPS) is 14.4. The van der Waals surface area contributed by atoms with Crippen LogP contribution in [-0.2, 0) is 10.0 Å². The minimum atomic E-state index is -3.50. The maximum Gasteiger partial charge on any atom is 0.257 e. The minimum Gasteiger partial charge on any atom is -0.298 e. The Kier molecular flexibility index (Phi) is 5.63. The number of aromatic nitrogens is 1. The van der Waals surface area contributed by atoms with E-state index in [0.29, 0.717) is 35.0 Å². The number of hydrogen-bond donors (Lipinski definition) is 1. The first-order valence-corrected chi connectivity index (χ1v) is 11.7. The number of anilines is 1. The first-order chi connectivity index (χ1) is 14.5. The molecule has 2 aromatic carbocycles. The highest BCUT2D eigenvalue weighted by Gasteiger charge is 2.27. The number of nitriles is 1. The van der Waals surface area contributed by atoms with E-state index in [2.05, 4.69) is 16.4 Å². The van der Waals surface area contributed by atoms with Crippen LogP contribution in [0.1, 0.15) is 28.8 Å². The molecule has 0 aliphatic carbocycles. The second-order valence-electron chi connectivity index (χ2n) is 6.82. The molecule has 0 atom stereocenters. The molecule has 1 aliphatic rings. The summed E-state index contributed by atoms with van der Waals surface area (Å²) >= 11 is 1.29. The van der Waals surface area contributed by atoms with Crippen LogP contribution < -0.4 is 5.32 Å². The van der Waals surface area contributed by atoms with Gasteiger partial charge in [-0.1, -0.05) is 12.1 Å². The van der Waals surface area contributed by atoms with E-state index in [-0.39, 0.29) is 10.8 Å². The SMILES string of the molecule is N#Cc1ccc(-c2csc(NC(=O)c3ccc(S(=O)(=O)N4CCCC4)cc3)n2)cc1. The molecule has 7 nitrogen and oxygen atoms in total. The van der Waals surface area contributed by atoms with Crippen molar-refractivity contribution < 1.29 is 13.2 Å². The van der Waals surface area contributed by atoms with Gasteiger partial charge in [-0.2, -0.15) is 9.57 Å². The van der Waals surface area contributed by atoms with Gasteiger partial charge in [0.2, 0.25) is 10.0 Å². The zero-order valence-electron chi connectivity index (χ0n) is 15.9. The summed E-state index contributed by atoms with van der Waals surface area (Å²) in [6.45, 7) is 1.08. The van der Waals surface area contributed by atoms with E-state index in [1.54, 1.807) is 24.3 Å². The largest absolute Gasteiger partial charge is 0.298 e. The zero-order chi connectivity index (χ0) is 21.1. The summed E-state index contributed by atoms with van der Waals surface area (Å²) in [5.74, 6) is -0.360. The lowest BCUT2D eigenvalue weighted by atomic mass is 10.1. The topological polar surface area (TPSA) is 103 Å². The Morgan fingerprint density at radius 3 is 2.37 bits per heavy atom. The van der Waals surface area contributed by atoms with E-state index >= 15 is 0 Å². The Morgan fingerprint density at radius 2 is 1.73 bits per heavy atom. The lowest BCUT2D eigenvalue weighted by molar-refractivity contribution is 0.102. The molecule has 9 heteroatoms. The predicted octanol–water partition coefficient (Wildman–Crippen LogP) is 3.72. The molecule has 1 N–H and O–H groups in total. The molecule has 3 aromatic rings. The molecule has 1 amide bonds. The molecular weight excluding hydrogens is 420 g/mol. The quantitative estimate of drug-likeness (QED) is 0.654. The minimum absolute atomic E-state index is 0.193. The van der Waals surface area contributed by atoms with E-state index in [1.165, 1.54) is 39.9 Å². The lowest BCUT2D eigenvalue weighted by Gasteiger charge is -2.15. The molecular formula is C21H18N4O3S2. The van der Waals surface area contributed by atoms with Crippen LogP contribution in [0.4, 0.5) is 5.13 Å². The van der Waals surface area contributed by atoms with Crippen molar-refractivity contribution in [2.24, 2.45) is 0 Å². The van der Waals surface area contributed by atoms with Crippen molar-refractivity contribution >= 4 is 32.4 Å². The van der Waals surface area contributed by atoms with Crippen molar-refractivity contribution in [2.75, 3.05) is 18.4 Å². The number of sulfonamides is 1. The maximum absolute atomic E-state index is 12.6. The van der Waals surface area contributed by atoms with Gasteiger partial charge in [-0.25, -0.2) is 13.4 Å². The average molecular weight is 439 g/mol. The predicted molar refractivity (Wildman–Crippen MR) is 115 cm³/mol. The van der Waals surface area contributed by atoms with Gasteiger partial charge in [0.05, 0.1) is 22.2 Å². The lowest BCUT2D eigenvalue weighted by Crippen LogP contribution is -2.27. The smallest absolute Gasteiger partial charge is 0.257 e. The number of thiazole rings is 1. The molecule has 30 heavy (non-hydrogen) atoms. The monoisotopic (exact) mass is 438 g/mol. The number of rotatable bonds is 5. The van der Waals surface area contributed by atoms with Crippen LogP contribution in [-0.4, -0.2) is 36.7 Å². The molecule has 1 fully saturated rings. The van der Waals surface area contributed by atoms with Crippen molar-refractivity contribution in [3.05, 3.63) is 65.0 Å². The van der Waals surface area contributed by atoms with Gasteiger partial charge in [0.15, 0.2) is 5.13 Å². The molecule has 0 unspecified atom stereocenters. The van der Waals surface area contributed by atoms with Gasteiger partial charge in [0.25, 0.3) is 5.91 Å². The van der Waals surface area contributed by atoms with Gasteiger partial charge in [-0.05, 0) is 49.2 Å². The zero-order valence-corrected chi connectivity index (χ0v) is 17.5. The number of amides is 1. The summed E-state index contributed by atoms with van der Waals surface area (Å²) in [5, 5.41) is 13.9. The molecule has 2 heterocycles. The molecule has 0 spiro atoms. The number of carbonyl (C=O) groups excluding carboxylic acids is 1. The van der Waals surface area contributed by atoms with Crippen LogP contribution in [0.5, 0.6) is 0 Å². The molecule has 1 aliphatic heterocycles. The Balaban J connectivity index is 1.45. The molecule has 4 rings (SSSR count). The highest BCUT2D eigenvalue weighted by molar-refractivity contribution is 7.89. The second-order valence-corrected chi connectivity index (χ2v) is 9.61. The number of carbonyl (C=O) groups is 1. The number of nitrogens with zero attached hydrogens (tertiary/aromatic N) is 3. The van der Waals surface area contributed by atoms with Crippen molar-refractivity contribution in [1.82, 2.24) is 9.29 Å². The van der Waals surface area contributed by atoms with E-state index in [0.717, 1.165) is 18.4 Å². The van der Waals surface area contributed by atoms with Crippen LogP contribution in [0.3, 0.4) is 0 Å². The number of hydrogen-bond acceptors (Lipinski definition) is 6. The van der Waals surface area contributed by atoms with Gasteiger partial charge in [0.1, 0.15) is 0 Å². The summed E-state index contributed by atoms with van der Waals surface area (Å²) in [7, 11) is -3.50. The van der Waals surface area contributed by atoms with Gasteiger partial charge in [-0.3, -0.25) is 10.1 Å². The average Bonchev–Trinajstić information content (AvgIpc) is 3.47. The summed E-state index contributed by atoms with van der Waals surface area (Å²) in [4.78, 5) is 17.1.